The van der Waals surface area contributed by atoms with Crippen LogP contribution >= 0.6 is 0 Å². The van der Waals surface area contributed by atoms with Gasteiger partial charge in [0.1, 0.15) is 6.04 Å². The van der Waals surface area contributed by atoms with E-state index in [0.717, 1.165) is 4.90 Å². The van der Waals surface area contributed by atoms with Gasteiger partial charge in [0.05, 0.1) is 6.20 Å². The summed E-state index contributed by atoms with van der Waals surface area (Å²) in [6.07, 6.45) is 1.60. The zero-order valence-electron chi connectivity index (χ0n) is 9.58. The van der Waals surface area contributed by atoms with Crippen LogP contribution in [0, 0.1) is 0 Å². The van der Waals surface area contributed by atoms with Crippen molar-refractivity contribution in [3.8, 4) is 0 Å². The third-order valence-corrected chi connectivity index (χ3v) is 4.11. The number of likely N-dealkylation sites (N-methyl/N-ethyl adjacent to an activating group) is 1. The van der Waals surface area contributed by atoms with Gasteiger partial charge in [-0.15, -0.1) is 0 Å². The van der Waals surface area contributed by atoms with E-state index in [1.54, 1.807) is 0 Å². The van der Waals surface area contributed by atoms with Gasteiger partial charge in [0.2, 0.25) is 11.8 Å². The quantitative estimate of drug-likeness (QED) is 0.674. The highest BCUT2D eigenvalue weighted by molar-refractivity contribution is 7.89. The molecule has 1 unspecified atom stereocenters. The summed E-state index contributed by atoms with van der Waals surface area (Å²) in [7, 11) is -2.48. The molecule has 18 heavy (non-hydrogen) atoms. The number of carbonyl (C=O) groups excluding carboxylic acids is 2. The third-order valence-electron chi connectivity index (χ3n) is 2.71. The number of rotatable bonds is 3. The second kappa shape index (κ2) is 4.50. The second-order valence-corrected chi connectivity index (χ2v) is 5.61. The van der Waals surface area contributed by atoms with Crippen molar-refractivity contribution in [2.24, 2.45) is 0 Å². The maximum Gasteiger partial charge on any atom is 0.258 e. The third kappa shape index (κ3) is 2.27. The number of carbonyl (C=O) groups is 2. The number of aromatic nitrogens is 2. The molecule has 8 nitrogen and oxygen atoms in total. The first-order valence-corrected chi connectivity index (χ1v) is 6.72. The summed E-state index contributed by atoms with van der Waals surface area (Å²) in [6.45, 7) is 0. The van der Waals surface area contributed by atoms with Crippen molar-refractivity contribution in [3.63, 3.8) is 0 Å². The van der Waals surface area contributed by atoms with E-state index in [9.17, 15) is 18.0 Å². The summed E-state index contributed by atoms with van der Waals surface area (Å²) in [6, 6.07) is 0.367. The summed E-state index contributed by atoms with van der Waals surface area (Å²) in [4.78, 5) is 23.9. The lowest BCUT2D eigenvalue weighted by molar-refractivity contribution is -0.147. The van der Waals surface area contributed by atoms with Crippen LogP contribution in [0.15, 0.2) is 17.3 Å². The van der Waals surface area contributed by atoms with Gasteiger partial charge in [-0.25, -0.2) is 8.42 Å². The molecule has 0 aromatic carbocycles. The highest BCUT2D eigenvalue weighted by Gasteiger charge is 2.34. The minimum atomic E-state index is -3.82. The molecule has 1 saturated heterocycles. The van der Waals surface area contributed by atoms with Crippen LogP contribution < -0.4 is 4.72 Å². The molecule has 2 amide bonds. The number of sulfonamides is 1. The minimum Gasteiger partial charge on any atom is -0.284 e. The van der Waals surface area contributed by atoms with Crippen molar-refractivity contribution in [2.45, 2.75) is 23.9 Å². The number of hydrogen-bond donors (Lipinski definition) is 2. The van der Waals surface area contributed by atoms with E-state index >= 15 is 0 Å². The fraction of sp³-hybridized carbons (Fsp3) is 0.444. The van der Waals surface area contributed by atoms with Gasteiger partial charge in [0.15, 0.2) is 5.03 Å². The zero-order valence-corrected chi connectivity index (χ0v) is 10.4. The Morgan fingerprint density at radius 3 is 2.83 bits per heavy atom. The number of nitrogens with one attached hydrogen (secondary N) is 2. The number of nitrogens with zero attached hydrogens (tertiary/aromatic N) is 2. The standard InChI is InChI=1S/C9H12N4O4S/c1-13-8(14)3-2-6(9(13)15)12-18(16,17)7-4-5-10-11-7/h4-6,12H,2-3H2,1H3,(H,10,11). The van der Waals surface area contributed by atoms with Gasteiger partial charge in [-0.2, -0.15) is 9.82 Å². The van der Waals surface area contributed by atoms with Crippen LogP contribution in [0.3, 0.4) is 0 Å². The van der Waals surface area contributed by atoms with Crippen LogP contribution in [0.25, 0.3) is 0 Å². The first-order valence-electron chi connectivity index (χ1n) is 5.24. The summed E-state index contributed by atoms with van der Waals surface area (Å²) in [5.74, 6) is -0.855. The first kappa shape index (κ1) is 12.7. The number of amides is 2. The molecule has 0 radical (unpaired) electrons. The molecular formula is C9H12N4O4S. The fourth-order valence-electron chi connectivity index (χ4n) is 1.67. The van der Waals surface area contributed by atoms with E-state index in [-0.39, 0.29) is 23.8 Å². The Balaban J connectivity index is 2.15. The normalized spacial score (nSPS) is 21.4. The smallest absolute Gasteiger partial charge is 0.258 e. The molecule has 2 rings (SSSR count). The average molecular weight is 272 g/mol. The lowest BCUT2D eigenvalue weighted by atomic mass is 10.1. The molecule has 0 saturated carbocycles. The maximum atomic E-state index is 11.9. The van der Waals surface area contributed by atoms with E-state index in [2.05, 4.69) is 14.9 Å². The van der Waals surface area contributed by atoms with Crippen molar-refractivity contribution >= 4 is 21.8 Å². The van der Waals surface area contributed by atoms with Crippen LogP contribution in [-0.2, 0) is 19.6 Å². The highest BCUT2D eigenvalue weighted by Crippen LogP contribution is 2.14. The highest BCUT2D eigenvalue weighted by atomic mass is 32.2. The molecule has 2 N–H and O–H groups in total. The molecular weight excluding hydrogens is 260 g/mol. The molecule has 0 spiro atoms. The summed E-state index contributed by atoms with van der Waals surface area (Å²) >= 11 is 0. The molecule has 1 atom stereocenters. The zero-order chi connectivity index (χ0) is 13.3. The van der Waals surface area contributed by atoms with E-state index in [1.807, 2.05) is 0 Å². The Morgan fingerprint density at radius 2 is 2.22 bits per heavy atom. The number of aromatic amines is 1. The van der Waals surface area contributed by atoms with E-state index in [0.29, 0.717) is 0 Å². The topological polar surface area (TPSA) is 112 Å². The summed E-state index contributed by atoms with van der Waals surface area (Å²) in [5, 5.41) is 5.73. The Hall–Kier alpha value is -1.74. The van der Waals surface area contributed by atoms with Gasteiger partial charge in [-0.1, -0.05) is 0 Å². The number of H-pyrrole nitrogens is 1. The molecule has 0 aliphatic carbocycles. The Morgan fingerprint density at radius 1 is 1.50 bits per heavy atom. The van der Waals surface area contributed by atoms with Gasteiger partial charge in [-0.3, -0.25) is 19.6 Å². The Bertz CT molecular complexity index is 565. The molecule has 2 heterocycles. The lowest BCUT2D eigenvalue weighted by Crippen LogP contribution is -2.52. The van der Waals surface area contributed by atoms with Crippen molar-refractivity contribution in [1.29, 1.82) is 0 Å². The van der Waals surface area contributed by atoms with Crippen LogP contribution in [0.1, 0.15) is 12.8 Å². The summed E-state index contributed by atoms with van der Waals surface area (Å²) < 4.78 is 26.0. The van der Waals surface area contributed by atoms with Crippen molar-refractivity contribution in [3.05, 3.63) is 12.3 Å². The van der Waals surface area contributed by atoms with Gasteiger partial charge < -0.3 is 0 Å². The molecule has 1 aliphatic heterocycles. The van der Waals surface area contributed by atoms with Gasteiger partial charge >= 0.3 is 0 Å². The maximum absolute atomic E-state index is 11.9. The van der Waals surface area contributed by atoms with E-state index < -0.39 is 22.0 Å². The van der Waals surface area contributed by atoms with Crippen LogP contribution in [-0.4, -0.2) is 48.4 Å². The number of hydrogen-bond acceptors (Lipinski definition) is 5. The van der Waals surface area contributed by atoms with E-state index in [4.69, 9.17) is 0 Å². The van der Waals surface area contributed by atoms with Gasteiger partial charge in [0, 0.05) is 13.5 Å². The molecule has 9 heteroatoms. The van der Waals surface area contributed by atoms with Gasteiger partial charge in [0.25, 0.3) is 10.0 Å². The predicted octanol–water partition coefficient (Wildman–Crippen LogP) is -1.16. The van der Waals surface area contributed by atoms with Crippen LogP contribution in [0.4, 0.5) is 0 Å². The molecule has 0 bridgehead atoms. The number of imide groups is 1. The molecule has 98 valence electrons. The van der Waals surface area contributed by atoms with Crippen LogP contribution in [0.2, 0.25) is 0 Å². The summed E-state index contributed by atoms with van der Waals surface area (Å²) in [5.41, 5.74) is 0. The minimum absolute atomic E-state index is 0.116. The fourth-order valence-corrected chi connectivity index (χ4v) is 2.80. The van der Waals surface area contributed by atoms with Crippen molar-refractivity contribution < 1.29 is 18.0 Å². The molecule has 1 fully saturated rings. The Kier molecular flexibility index (Phi) is 3.18. The molecule has 1 aromatic rings. The largest absolute Gasteiger partial charge is 0.284 e. The van der Waals surface area contributed by atoms with E-state index in [1.165, 1.54) is 19.3 Å². The van der Waals surface area contributed by atoms with Crippen molar-refractivity contribution in [2.75, 3.05) is 7.05 Å². The number of piperidine rings is 1. The SMILES string of the molecule is CN1C(=O)CCC(NS(=O)(=O)c2ccn[nH]2)C1=O. The number of likely N-dealkylation sites (tertiary alicyclic amines) is 1. The second-order valence-electron chi connectivity index (χ2n) is 3.92. The monoisotopic (exact) mass is 272 g/mol. The van der Waals surface area contributed by atoms with Crippen LogP contribution in [0.5, 0.6) is 0 Å². The predicted molar refractivity (Wildman–Crippen MR) is 59.7 cm³/mol. The molecule has 1 aromatic heterocycles. The van der Waals surface area contributed by atoms with Crippen molar-refractivity contribution in [1.82, 2.24) is 19.8 Å². The molecule has 1 aliphatic rings. The average Bonchev–Trinajstić information content (AvgIpc) is 2.84. The lowest BCUT2D eigenvalue weighted by Gasteiger charge is -2.27. The first-order chi connectivity index (χ1) is 8.42. The Labute approximate surface area is 103 Å². The van der Waals surface area contributed by atoms with Gasteiger partial charge in [-0.05, 0) is 12.5 Å².